The summed E-state index contributed by atoms with van der Waals surface area (Å²) in [7, 11) is 6.91. The lowest BCUT2D eigenvalue weighted by Gasteiger charge is -2.60. The van der Waals surface area contributed by atoms with Crippen molar-refractivity contribution >= 4 is 17.1 Å². The smallest absolute Gasteiger partial charge is 0.279 e. The fourth-order valence-corrected chi connectivity index (χ4v) is 6.30. The van der Waals surface area contributed by atoms with E-state index in [0.717, 1.165) is 4.59 Å². The molecular weight excluding hydrogens is 320 g/mol. The number of hydrogen-bond donors (Lipinski definition) is 0. The maximum atomic E-state index is 2.57. The summed E-state index contributed by atoms with van der Waals surface area (Å²) in [6, 6.07) is 18.3. The number of benzene rings is 2. The van der Waals surface area contributed by atoms with E-state index in [-0.39, 0.29) is 5.79 Å². The number of anilines is 3. The van der Waals surface area contributed by atoms with Gasteiger partial charge in [-0.25, -0.2) is 5.01 Å². The van der Waals surface area contributed by atoms with E-state index >= 15 is 0 Å². The van der Waals surface area contributed by atoms with Crippen molar-refractivity contribution in [2.24, 2.45) is 0 Å². The Bertz CT molecular complexity index is 731. The van der Waals surface area contributed by atoms with Crippen molar-refractivity contribution in [3.05, 3.63) is 54.1 Å². The van der Waals surface area contributed by atoms with Gasteiger partial charge in [0.1, 0.15) is 12.6 Å². The summed E-state index contributed by atoms with van der Waals surface area (Å²) in [5, 5.41) is 2.57. The zero-order chi connectivity index (χ0) is 18.1. The second-order valence-corrected chi connectivity index (χ2v) is 8.15. The fourth-order valence-electron chi connectivity index (χ4n) is 6.30. The van der Waals surface area contributed by atoms with Crippen molar-refractivity contribution < 1.29 is 4.59 Å². The Labute approximate surface area is 156 Å². The van der Waals surface area contributed by atoms with Crippen molar-refractivity contribution in [3.63, 3.8) is 0 Å². The highest BCUT2D eigenvalue weighted by molar-refractivity contribution is 5.78. The van der Waals surface area contributed by atoms with Crippen LogP contribution in [0.4, 0.5) is 17.1 Å². The van der Waals surface area contributed by atoms with Gasteiger partial charge in [0.2, 0.25) is 0 Å². The highest BCUT2D eigenvalue weighted by atomic mass is 15.9. The first-order chi connectivity index (χ1) is 12.6. The summed E-state index contributed by atoms with van der Waals surface area (Å²) >= 11 is 0. The third-order valence-corrected chi connectivity index (χ3v) is 7.47. The number of hydrogen-bond acceptors (Lipinski definition) is 3. The average molecular weight is 350 g/mol. The summed E-state index contributed by atoms with van der Waals surface area (Å²) in [5.41, 5.74) is 5.57. The van der Waals surface area contributed by atoms with Crippen LogP contribution in [0.5, 0.6) is 0 Å². The minimum Gasteiger partial charge on any atom is -0.301 e. The van der Waals surface area contributed by atoms with E-state index in [1.54, 1.807) is 0 Å². The molecule has 2 atom stereocenters. The molecule has 2 spiro atoms. The van der Waals surface area contributed by atoms with Crippen LogP contribution in [0.1, 0.15) is 37.8 Å². The largest absolute Gasteiger partial charge is 0.301 e. The average Bonchev–Trinajstić information content (AvgIpc) is 3.03. The second kappa shape index (κ2) is 5.17. The molecule has 0 aromatic heterocycles. The number of quaternary nitrogens is 1. The number of rotatable bonds is 0. The molecule has 0 N–H and O–H groups in total. The summed E-state index contributed by atoms with van der Waals surface area (Å²) in [5.74, 6) is -0.0743. The van der Waals surface area contributed by atoms with Crippen molar-refractivity contribution in [3.8, 4) is 0 Å². The standard InChI is InChI=1S/C22H29N4/c1-17-18-11-5-6-12-19(18)25(4)26(17)16-10-9-15-22(26)23(2)20-13-7-8-14-21(20)24(22)3/h5-8,11-14,17H,9-10,15-16H2,1-4H3/q+1. The van der Waals surface area contributed by atoms with E-state index in [2.05, 4.69) is 91.4 Å². The molecule has 0 aliphatic carbocycles. The maximum absolute atomic E-state index is 2.57. The van der Waals surface area contributed by atoms with Gasteiger partial charge in [-0.1, -0.05) is 30.3 Å². The molecule has 136 valence electrons. The third kappa shape index (κ3) is 1.56. The first kappa shape index (κ1) is 16.0. The summed E-state index contributed by atoms with van der Waals surface area (Å²) < 4.78 is 0.966. The molecule has 0 saturated carbocycles. The summed E-state index contributed by atoms with van der Waals surface area (Å²) in [6.45, 7) is 3.61. The molecule has 5 rings (SSSR count). The van der Waals surface area contributed by atoms with Crippen molar-refractivity contribution in [2.45, 2.75) is 38.0 Å². The van der Waals surface area contributed by atoms with E-state index < -0.39 is 0 Å². The van der Waals surface area contributed by atoms with Crippen LogP contribution in [0.2, 0.25) is 0 Å². The van der Waals surface area contributed by atoms with Crippen molar-refractivity contribution in [2.75, 3.05) is 42.5 Å². The molecule has 2 aromatic rings. The molecule has 3 aliphatic rings. The van der Waals surface area contributed by atoms with Gasteiger partial charge in [0.15, 0.2) is 0 Å². The molecule has 3 heterocycles. The van der Waals surface area contributed by atoms with Crippen molar-refractivity contribution in [1.82, 2.24) is 0 Å². The number of nitrogens with zero attached hydrogens (tertiary/aromatic N) is 4. The Hall–Kier alpha value is -2.20. The van der Waals surface area contributed by atoms with Crippen molar-refractivity contribution in [1.29, 1.82) is 0 Å². The minimum absolute atomic E-state index is 0.0743. The van der Waals surface area contributed by atoms with Crippen LogP contribution in [-0.4, -0.2) is 38.1 Å². The Morgan fingerprint density at radius 1 is 0.846 bits per heavy atom. The molecule has 3 aliphatic heterocycles. The zero-order valence-corrected chi connectivity index (χ0v) is 16.3. The van der Waals surface area contributed by atoms with Gasteiger partial charge in [0.25, 0.3) is 5.79 Å². The second-order valence-electron chi connectivity index (χ2n) is 8.15. The highest BCUT2D eigenvalue weighted by Crippen LogP contribution is 2.59. The van der Waals surface area contributed by atoms with Gasteiger partial charge >= 0.3 is 0 Å². The van der Waals surface area contributed by atoms with E-state index in [4.69, 9.17) is 0 Å². The number of piperidine rings is 1. The first-order valence-corrected chi connectivity index (χ1v) is 9.83. The molecule has 26 heavy (non-hydrogen) atoms. The summed E-state index contributed by atoms with van der Waals surface area (Å²) in [4.78, 5) is 5.14. The van der Waals surface area contributed by atoms with Gasteiger partial charge in [-0.3, -0.25) is 0 Å². The van der Waals surface area contributed by atoms with E-state index in [0.29, 0.717) is 6.04 Å². The van der Waals surface area contributed by atoms with Gasteiger partial charge in [-0.05, 0) is 38.0 Å². The topological polar surface area (TPSA) is 9.72 Å². The zero-order valence-electron chi connectivity index (χ0n) is 16.3. The predicted molar refractivity (Wildman–Crippen MR) is 108 cm³/mol. The number of para-hydroxylation sites is 3. The van der Waals surface area contributed by atoms with Crippen LogP contribution < -0.4 is 14.8 Å². The Kier molecular flexibility index (Phi) is 3.18. The Morgan fingerprint density at radius 3 is 2.04 bits per heavy atom. The van der Waals surface area contributed by atoms with Gasteiger partial charge in [0.05, 0.1) is 24.1 Å². The SMILES string of the molecule is CC1c2ccccc2N(C)[N+]12CCCCC21N(C)c2ccccc2N1C. The van der Waals surface area contributed by atoms with Gasteiger partial charge < -0.3 is 9.80 Å². The number of fused-ring (bicyclic) bond motifs is 3. The minimum atomic E-state index is -0.0743. The molecule has 1 fully saturated rings. The Balaban J connectivity index is 1.75. The molecular formula is C22H29N4+. The van der Waals surface area contributed by atoms with Crippen LogP contribution >= 0.6 is 0 Å². The third-order valence-electron chi connectivity index (χ3n) is 7.47. The van der Waals surface area contributed by atoms with E-state index in [1.165, 1.54) is 48.4 Å². The van der Waals surface area contributed by atoms with Crippen LogP contribution in [0, 0.1) is 0 Å². The highest BCUT2D eigenvalue weighted by Gasteiger charge is 2.69. The van der Waals surface area contributed by atoms with E-state index in [1.807, 2.05) is 0 Å². The van der Waals surface area contributed by atoms with Gasteiger partial charge in [0, 0.05) is 26.1 Å². The van der Waals surface area contributed by atoms with E-state index in [9.17, 15) is 0 Å². The molecule has 2 unspecified atom stereocenters. The van der Waals surface area contributed by atoms with Crippen LogP contribution in [0.15, 0.2) is 48.5 Å². The lowest BCUT2D eigenvalue weighted by molar-refractivity contribution is -1.00. The lowest BCUT2D eigenvalue weighted by atomic mass is 9.95. The fraction of sp³-hybridized carbons (Fsp3) is 0.455. The predicted octanol–water partition coefficient (Wildman–Crippen LogP) is 4.35. The maximum Gasteiger partial charge on any atom is 0.279 e. The Morgan fingerprint density at radius 2 is 1.42 bits per heavy atom. The normalized spacial score (nSPS) is 28.8. The molecule has 0 bridgehead atoms. The molecule has 0 amide bonds. The molecule has 0 radical (unpaired) electrons. The molecule has 1 saturated heterocycles. The molecule has 4 nitrogen and oxygen atoms in total. The monoisotopic (exact) mass is 349 g/mol. The summed E-state index contributed by atoms with van der Waals surface area (Å²) in [6.07, 6.45) is 3.74. The molecule has 2 aromatic carbocycles. The first-order valence-electron chi connectivity index (χ1n) is 9.83. The molecule has 4 heteroatoms. The quantitative estimate of drug-likeness (QED) is 0.655. The van der Waals surface area contributed by atoms with Crippen LogP contribution in [0.25, 0.3) is 0 Å². The van der Waals surface area contributed by atoms with Crippen LogP contribution in [0.3, 0.4) is 0 Å². The van der Waals surface area contributed by atoms with Gasteiger partial charge in [-0.2, -0.15) is 4.59 Å². The lowest BCUT2D eigenvalue weighted by Crippen LogP contribution is -2.81. The van der Waals surface area contributed by atoms with Crippen LogP contribution in [-0.2, 0) is 0 Å². The van der Waals surface area contributed by atoms with Gasteiger partial charge in [-0.15, -0.1) is 0 Å².